The molecule has 0 spiro atoms. The molecule has 152 valence electrons. The van der Waals surface area contributed by atoms with Crippen LogP contribution in [0.3, 0.4) is 0 Å². The number of rotatable bonds is 6. The number of sulfonamides is 1. The SMILES string of the molecule is CCc1ncnc(N2CCC(OC)CC2)c1-c1cnc(C)c(NS(C)(=O)=O)c1. The quantitative estimate of drug-likeness (QED) is 0.788. The third-order valence-corrected chi connectivity index (χ3v) is 5.58. The highest BCUT2D eigenvalue weighted by molar-refractivity contribution is 7.92. The molecule has 28 heavy (non-hydrogen) atoms. The second kappa shape index (κ2) is 8.40. The Morgan fingerprint density at radius 3 is 2.57 bits per heavy atom. The number of anilines is 2. The van der Waals surface area contributed by atoms with E-state index in [2.05, 4.69) is 24.6 Å². The van der Waals surface area contributed by atoms with Gasteiger partial charge in [0.05, 0.1) is 29.4 Å². The van der Waals surface area contributed by atoms with Gasteiger partial charge in [0.2, 0.25) is 10.0 Å². The number of hydrogen-bond donors (Lipinski definition) is 1. The van der Waals surface area contributed by atoms with Crippen molar-refractivity contribution >= 4 is 21.5 Å². The number of nitrogens with zero attached hydrogens (tertiary/aromatic N) is 4. The number of hydrogen-bond acceptors (Lipinski definition) is 7. The highest BCUT2D eigenvalue weighted by Gasteiger charge is 2.24. The van der Waals surface area contributed by atoms with Gasteiger partial charge in [-0.05, 0) is 32.3 Å². The van der Waals surface area contributed by atoms with E-state index in [1.54, 1.807) is 26.6 Å². The lowest BCUT2D eigenvalue weighted by molar-refractivity contribution is 0.0818. The standard InChI is InChI=1S/C19H27N5O3S/c1-5-16-18(14-10-17(13(2)20-11-14)23-28(4,25)26)19(22-12-21-16)24-8-6-15(27-3)7-9-24/h10-12,15,23H,5-9H2,1-4H3. The number of piperidine rings is 1. The first kappa shape index (κ1) is 20.5. The van der Waals surface area contributed by atoms with Crippen LogP contribution in [0.2, 0.25) is 0 Å². The lowest BCUT2D eigenvalue weighted by Crippen LogP contribution is -2.37. The van der Waals surface area contributed by atoms with Crippen molar-refractivity contribution in [2.45, 2.75) is 39.2 Å². The molecule has 3 rings (SSSR count). The summed E-state index contributed by atoms with van der Waals surface area (Å²) in [6.45, 7) is 5.51. The molecule has 0 atom stereocenters. The molecular weight excluding hydrogens is 378 g/mol. The van der Waals surface area contributed by atoms with Crippen molar-refractivity contribution in [1.29, 1.82) is 0 Å². The monoisotopic (exact) mass is 405 g/mol. The van der Waals surface area contributed by atoms with E-state index < -0.39 is 10.0 Å². The first-order valence-electron chi connectivity index (χ1n) is 9.38. The molecule has 0 unspecified atom stereocenters. The number of pyridine rings is 1. The van der Waals surface area contributed by atoms with Crippen molar-refractivity contribution in [3.63, 3.8) is 0 Å². The molecule has 1 fully saturated rings. The lowest BCUT2D eigenvalue weighted by atomic mass is 10.0. The van der Waals surface area contributed by atoms with Crippen molar-refractivity contribution < 1.29 is 13.2 Å². The van der Waals surface area contributed by atoms with E-state index >= 15 is 0 Å². The predicted molar refractivity (Wildman–Crippen MR) is 110 cm³/mol. The Balaban J connectivity index is 2.05. The average molecular weight is 406 g/mol. The minimum atomic E-state index is -3.40. The molecule has 0 saturated carbocycles. The molecule has 1 N–H and O–H groups in total. The van der Waals surface area contributed by atoms with Crippen LogP contribution in [0.25, 0.3) is 11.1 Å². The van der Waals surface area contributed by atoms with E-state index in [0.717, 1.165) is 61.2 Å². The Labute approximate surface area is 166 Å². The van der Waals surface area contributed by atoms with E-state index in [4.69, 9.17) is 4.74 Å². The summed E-state index contributed by atoms with van der Waals surface area (Å²) in [4.78, 5) is 15.7. The van der Waals surface area contributed by atoms with Crippen LogP contribution in [0.5, 0.6) is 0 Å². The van der Waals surface area contributed by atoms with Gasteiger partial charge < -0.3 is 9.64 Å². The molecule has 2 aromatic heterocycles. The van der Waals surface area contributed by atoms with Crippen LogP contribution < -0.4 is 9.62 Å². The topological polar surface area (TPSA) is 97.3 Å². The summed E-state index contributed by atoms with van der Waals surface area (Å²) in [5, 5.41) is 0. The zero-order valence-corrected chi connectivity index (χ0v) is 17.6. The summed E-state index contributed by atoms with van der Waals surface area (Å²) in [5.41, 5.74) is 3.71. The number of aromatic nitrogens is 3. The summed E-state index contributed by atoms with van der Waals surface area (Å²) in [5.74, 6) is 0.859. The molecule has 0 amide bonds. The molecule has 0 aromatic carbocycles. The highest BCUT2D eigenvalue weighted by Crippen LogP contribution is 2.34. The van der Waals surface area contributed by atoms with Crippen molar-refractivity contribution in [2.75, 3.05) is 36.1 Å². The molecule has 9 heteroatoms. The molecular formula is C19H27N5O3S. The molecule has 2 aromatic rings. The van der Waals surface area contributed by atoms with Crippen molar-refractivity contribution in [3.05, 3.63) is 30.0 Å². The second-order valence-corrected chi connectivity index (χ2v) is 8.77. The van der Waals surface area contributed by atoms with Gasteiger partial charge in [-0.15, -0.1) is 0 Å². The zero-order chi connectivity index (χ0) is 20.3. The van der Waals surface area contributed by atoms with E-state index in [1.165, 1.54) is 0 Å². The lowest BCUT2D eigenvalue weighted by Gasteiger charge is -2.33. The minimum absolute atomic E-state index is 0.277. The number of nitrogens with one attached hydrogen (secondary N) is 1. The number of aryl methyl sites for hydroxylation is 2. The molecule has 0 bridgehead atoms. The summed E-state index contributed by atoms with van der Waals surface area (Å²) in [6.07, 6.45) is 7.38. The Morgan fingerprint density at radius 2 is 1.96 bits per heavy atom. The van der Waals surface area contributed by atoms with Gasteiger partial charge in [-0.25, -0.2) is 18.4 Å². The van der Waals surface area contributed by atoms with Crippen LogP contribution in [0, 0.1) is 6.92 Å². The molecule has 8 nitrogen and oxygen atoms in total. The van der Waals surface area contributed by atoms with E-state index in [0.29, 0.717) is 11.4 Å². The number of ether oxygens (including phenoxy) is 1. The third-order valence-electron chi connectivity index (χ3n) is 4.99. The maximum absolute atomic E-state index is 11.7. The first-order chi connectivity index (χ1) is 13.3. The van der Waals surface area contributed by atoms with Gasteiger partial charge in [-0.1, -0.05) is 6.92 Å². The smallest absolute Gasteiger partial charge is 0.229 e. The van der Waals surface area contributed by atoms with Crippen molar-refractivity contribution in [3.8, 4) is 11.1 Å². The second-order valence-electron chi connectivity index (χ2n) is 7.03. The van der Waals surface area contributed by atoms with Gasteiger partial charge in [-0.3, -0.25) is 9.71 Å². The summed E-state index contributed by atoms with van der Waals surface area (Å²) in [7, 11) is -1.65. The largest absolute Gasteiger partial charge is 0.381 e. The molecule has 3 heterocycles. The zero-order valence-electron chi connectivity index (χ0n) is 16.8. The van der Waals surface area contributed by atoms with Gasteiger partial charge in [0.15, 0.2) is 0 Å². The average Bonchev–Trinajstić information content (AvgIpc) is 2.68. The first-order valence-corrected chi connectivity index (χ1v) is 11.3. The molecule has 0 radical (unpaired) electrons. The third kappa shape index (κ3) is 4.59. The van der Waals surface area contributed by atoms with Crippen LogP contribution >= 0.6 is 0 Å². The fourth-order valence-corrected chi connectivity index (χ4v) is 4.10. The fraction of sp³-hybridized carbons (Fsp3) is 0.526. The van der Waals surface area contributed by atoms with Gasteiger partial charge >= 0.3 is 0 Å². The van der Waals surface area contributed by atoms with E-state index in [9.17, 15) is 8.42 Å². The Morgan fingerprint density at radius 1 is 1.25 bits per heavy atom. The minimum Gasteiger partial charge on any atom is -0.381 e. The van der Waals surface area contributed by atoms with Crippen LogP contribution in [-0.4, -0.2) is 55.9 Å². The summed E-state index contributed by atoms with van der Waals surface area (Å²) in [6, 6.07) is 1.81. The Bertz CT molecular complexity index is 941. The molecule has 1 aliphatic heterocycles. The van der Waals surface area contributed by atoms with Crippen LogP contribution in [-0.2, 0) is 21.2 Å². The maximum atomic E-state index is 11.7. The maximum Gasteiger partial charge on any atom is 0.229 e. The summed E-state index contributed by atoms with van der Waals surface area (Å²) >= 11 is 0. The van der Waals surface area contributed by atoms with Gasteiger partial charge in [0.25, 0.3) is 0 Å². The van der Waals surface area contributed by atoms with Crippen LogP contribution in [0.4, 0.5) is 11.5 Å². The normalized spacial score (nSPS) is 15.6. The Kier molecular flexibility index (Phi) is 6.14. The van der Waals surface area contributed by atoms with Crippen LogP contribution in [0.15, 0.2) is 18.6 Å². The molecule has 1 aliphatic rings. The predicted octanol–water partition coefficient (Wildman–Crippen LogP) is 2.40. The van der Waals surface area contributed by atoms with Gasteiger partial charge in [0, 0.05) is 37.5 Å². The van der Waals surface area contributed by atoms with E-state index in [-0.39, 0.29) is 6.10 Å². The summed E-state index contributed by atoms with van der Waals surface area (Å²) < 4.78 is 31.5. The fourth-order valence-electron chi connectivity index (χ4n) is 3.49. The van der Waals surface area contributed by atoms with Gasteiger partial charge in [-0.2, -0.15) is 0 Å². The van der Waals surface area contributed by atoms with Crippen LogP contribution in [0.1, 0.15) is 31.2 Å². The Hall–Kier alpha value is -2.26. The van der Waals surface area contributed by atoms with Crippen molar-refractivity contribution in [2.24, 2.45) is 0 Å². The highest BCUT2D eigenvalue weighted by atomic mass is 32.2. The molecule has 1 saturated heterocycles. The van der Waals surface area contributed by atoms with Crippen molar-refractivity contribution in [1.82, 2.24) is 15.0 Å². The molecule has 0 aliphatic carbocycles. The van der Waals surface area contributed by atoms with E-state index in [1.807, 2.05) is 13.0 Å². The number of methoxy groups -OCH3 is 1. The van der Waals surface area contributed by atoms with Gasteiger partial charge in [0.1, 0.15) is 12.1 Å².